The second-order valence-corrected chi connectivity index (χ2v) is 8.44. The van der Waals surface area contributed by atoms with Crippen molar-refractivity contribution < 1.29 is 14.1 Å². The molecule has 3 rings (SSSR count). The molecule has 1 aliphatic heterocycles. The molecule has 0 bridgehead atoms. The molecule has 0 unspecified atom stereocenters. The standard InChI is InChI=1S/C24H31N3O2/c1-17-9-7-10-18(2)23(17)25-21(28)15-27(13-5-6-14-27)16-22(29)26-24-19(3)11-8-12-20(24)4/h7-12H,5-6,13-16H2,1-4H3,(H-,25,26,28,29)/p+1. The summed E-state index contributed by atoms with van der Waals surface area (Å²) in [5, 5.41) is 6.17. The molecule has 1 saturated heterocycles. The van der Waals surface area contributed by atoms with Crippen LogP contribution in [0.2, 0.25) is 0 Å². The Balaban J connectivity index is 1.69. The topological polar surface area (TPSA) is 58.2 Å². The highest BCUT2D eigenvalue weighted by Gasteiger charge is 2.36. The van der Waals surface area contributed by atoms with Crippen LogP contribution in [0.25, 0.3) is 0 Å². The Morgan fingerprint density at radius 3 is 1.41 bits per heavy atom. The third kappa shape index (κ3) is 5.04. The SMILES string of the molecule is Cc1cccc(C)c1NC(=O)C[N+]1(CC(=O)Nc2c(C)cccc2C)CCCC1. The van der Waals surface area contributed by atoms with Crippen LogP contribution >= 0.6 is 0 Å². The third-order valence-electron chi connectivity index (χ3n) is 5.96. The molecule has 2 aromatic rings. The predicted molar refractivity (Wildman–Crippen MR) is 118 cm³/mol. The molecule has 5 nitrogen and oxygen atoms in total. The molecule has 2 aromatic carbocycles. The lowest BCUT2D eigenvalue weighted by Crippen LogP contribution is -2.54. The summed E-state index contributed by atoms with van der Waals surface area (Å²) in [6, 6.07) is 12.0. The summed E-state index contributed by atoms with van der Waals surface area (Å²) in [7, 11) is 0. The zero-order valence-electron chi connectivity index (χ0n) is 18.0. The van der Waals surface area contributed by atoms with Gasteiger partial charge in [0.15, 0.2) is 13.1 Å². The summed E-state index contributed by atoms with van der Waals surface area (Å²) in [6.07, 6.45) is 2.10. The molecule has 0 aromatic heterocycles. The number of para-hydroxylation sites is 2. The lowest BCUT2D eigenvalue weighted by Gasteiger charge is -2.33. The number of carbonyl (C=O) groups is 2. The van der Waals surface area contributed by atoms with Crippen molar-refractivity contribution in [2.45, 2.75) is 40.5 Å². The molecule has 0 saturated carbocycles. The number of nitrogens with zero attached hydrogens (tertiary/aromatic N) is 1. The Bertz CT molecular complexity index is 804. The van der Waals surface area contributed by atoms with E-state index in [1.807, 2.05) is 64.1 Å². The van der Waals surface area contributed by atoms with Crippen molar-refractivity contribution in [2.24, 2.45) is 0 Å². The summed E-state index contributed by atoms with van der Waals surface area (Å²) >= 11 is 0. The average Bonchev–Trinajstić information content (AvgIpc) is 3.09. The largest absolute Gasteiger partial charge is 0.321 e. The van der Waals surface area contributed by atoms with Crippen LogP contribution in [0.4, 0.5) is 11.4 Å². The van der Waals surface area contributed by atoms with Crippen LogP contribution in [0, 0.1) is 27.7 Å². The Kier molecular flexibility index (Phi) is 6.38. The number of carbonyl (C=O) groups excluding carboxylic acids is 2. The second kappa shape index (κ2) is 8.78. The maximum absolute atomic E-state index is 12.9. The summed E-state index contributed by atoms with van der Waals surface area (Å²) in [6.45, 7) is 10.4. The number of likely N-dealkylation sites (tertiary alicyclic amines) is 1. The maximum Gasteiger partial charge on any atom is 0.279 e. The molecule has 0 radical (unpaired) electrons. The highest BCUT2D eigenvalue weighted by molar-refractivity contribution is 5.95. The van der Waals surface area contributed by atoms with E-state index in [1.54, 1.807) is 0 Å². The van der Waals surface area contributed by atoms with Crippen molar-refractivity contribution in [1.29, 1.82) is 0 Å². The number of aryl methyl sites for hydroxylation is 4. The van der Waals surface area contributed by atoms with Gasteiger partial charge in [-0.1, -0.05) is 36.4 Å². The molecular weight excluding hydrogens is 362 g/mol. The first-order valence-corrected chi connectivity index (χ1v) is 10.4. The van der Waals surface area contributed by atoms with Crippen LogP contribution in [0.3, 0.4) is 0 Å². The van der Waals surface area contributed by atoms with Gasteiger partial charge in [-0.15, -0.1) is 0 Å². The first-order chi connectivity index (χ1) is 13.8. The molecular formula is C24H32N3O2+. The van der Waals surface area contributed by atoms with Crippen molar-refractivity contribution in [3.63, 3.8) is 0 Å². The third-order valence-corrected chi connectivity index (χ3v) is 5.96. The lowest BCUT2D eigenvalue weighted by molar-refractivity contribution is -0.901. The van der Waals surface area contributed by atoms with Crippen LogP contribution in [0.5, 0.6) is 0 Å². The van der Waals surface area contributed by atoms with E-state index in [0.29, 0.717) is 17.6 Å². The highest BCUT2D eigenvalue weighted by atomic mass is 16.2. The zero-order valence-corrected chi connectivity index (χ0v) is 18.0. The van der Waals surface area contributed by atoms with Gasteiger partial charge >= 0.3 is 0 Å². The monoisotopic (exact) mass is 394 g/mol. The first kappa shape index (κ1) is 21.1. The molecule has 2 N–H and O–H groups in total. The van der Waals surface area contributed by atoms with Crippen molar-refractivity contribution in [1.82, 2.24) is 0 Å². The maximum atomic E-state index is 12.9. The van der Waals surface area contributed by atoms with E-state index in [4.69, 9.17) is 0 Å². The fraction of sp³-hybridized carbons (Fsp3) is 0.417. The van der Waals surface area contributed by atoms with Crippen molar-refractivity contribution in [3.8, 4) is 0 Å². The van der Waals surface area contributed by atoms with Gasteiger partial charge in [-0.25, -0.2) is 0 Å². The van der Waals surface area contributed by atoms with E-state index in [1.165, 1.54) is 0 Å². The Hall–Kier alpha value is -2.66. The number of quaternary nitrogens is 1. The van der Waals surface area contributed by atoms with Crippen molar-refractivity contribution in [3.05, 3.63) is 58.7 Å². The number of rotatable bonds is 6. The molecule has 2 amide bonds. The minimum absolute atomic E-state index is 0.0239. The Morgan fingerprint density at radius 2 is 1.07 bits per heavy atom. The van der Waals surface area contributed by atoms with E-state index in [2.05, 4.69) is 10.6 Å². The highest BCUT2D eigenvalue weighted by Crippen LogP contribution is 2.24. The summed E-state index contributed by atoms with van der Waals surface area (Å²) in [4.78, 5) is 25.7. The lowest BCUT2D eigenvalue weighted by atomic mass is 10.1. The molecule has 1 heterocycles. The number of hydrogen-bond acceptors (Lipinski definition) is 2. The molecule has 29 heavy (non-hydrogen) atoms. The molecule has 0 aliphatic carbocycles. The van der Waals surface area contributed by atoms with Gasteiger partial charge in [0, 0.05) is 24.2 Å². The Morgan fingerprint density at radius 1 is 0.724 bits per heavy atom. The minimum atomic E-state index is -0.0239. The van der Waals surface area contributed by atoms with Gasteiger partial charge in [0.05, 0.1) is 13.1 Å². The van der Waals surface area contributed by atoms with Gasteiger partial charge in [0.1, 0.15) is 0 Å². The fourth-order valence-corrected chi connectivity index (χ4v) is 4.37. The van der Waals surface area contributed by atoms with Crippen LogP contribution in [0.1, 0.15) is 35.1 Å². The summed E-state index contributed by atoms with van der Waals surface area (Å²) in [5.74, 6) is -0.0478. The average molecular weight is 395 g/mol. The van der Waals surface area contributed by atoms with E-state index in [0.717, 1.165) is 59.6 Å². The number of hydrogen-bond donors (Lipinski definition) is 2. The van der Waals surface area contributed by atoms with Gasteiger partial charge in [-0.05, 0) is 49.9 Å². The fourth-order valence-electron chi connectivity index (χ4n) is 4.37. The van der Waals surface area contributed by atoms with Gasteiger partial charge in [-0.2, -0.15) is 0 Å². The van der Waals surface area contributed by atoms with Gasteiger partial charge < -0.3 is 15.1 Å². The van der Waals surface area contributed by atoms with E-state index in [9.17, 15) is 9.59 Å². The quantitative estimate of drug-likeness (QED) is 0.725. The number of benzene rings is 2. The first-order valence-electron chi connectivity index (χ1n) is 10.4. The van der Waals surface area contributed by atoms with Gasteiger partial charge in [0.2, 0.25) is 0 Å². The molecule has 0 atom stereocenters. The van der Waals surface area contributed by atoms with Crippen molar-refractivity contribution >= 4 is 23.2 Å². The normalized spacial score (nSPS) is 15.2. The summed E-state index contributed by atoms with van der Waals surface area (Å²) < 4.78 is 0.521. The molecule has 5 heteroatoms. The predicted octanol–water partition coefficient (Wildman–Crippen LogP) is 4.11. The smallest absolute Gasteiger partial charge is 0.279 e. The van der Waals surface area contributed by atoms with Crippen LogP contribution in [0.15, 0.2) is 36.4 Å². The van der Waals surface area contributed by atoms with E-state index >= 15 is 0 Å². The van der Waals surface area contributed by atoms with E-state index in [-0.39, 0.29) is 11.8 Å². The minimum Gasteiger partial charge on any atom is -0.321 e. The van der Waals surface area contributed by atoms with Crippen LogP contribution in [-0.2, 0) is 9.59 Å². The zero-order chi connectivity index (χ0) is 21.0. The van der Waals surface area contributed by atoms with E-state index < -0.39 is 0 Å². The number of anilines is 2. The molecule has 154 valence electrons. The van der Waals surface area contributed by atoms with Gasteiger partial charge in [-0.3, -0.25) is 9.59 Å². The number of amides is 2. The molecule has 1 aliphatic rings. The molecule has 1 fully saturated rings. The van der Waals surface area contributed by atoms with Crippen molar-refractivity contribution in [2.75, 3.05) is 36.8 Å². The van der Waals surface area contributed by atoms with Crippen LogP contribution in [-0.4, -0.2) is 42.5 Å². The summed E-state index contributed by atoms with van der Waals surface area (Å²) in [5.41, 5.74) is 5.99. The second-order valence-electron chi connectivity index (χ2n) is 8.44. The van der Waals surface area contributed by atoms with Gasteiger partial charge in [0.25, 0.3) is 11.8 Å². The van der Waals surface area contributed by atoms with Crippen LogP contribution < -0.4 is 10.6 Å². The molecule has 0 spiro atoms. The number of nitrogens with one attached hydrogen (secondary N) is 2. The Labute approximate surface area is 173 Å².